The highest BCUT2D eigenvalue weighted by atomic mass is 79.9. The molecule has 0 amide bonds. The zero-order chi connectivity index (χ0) is 11.8. The first-order valence-electron chi connectivity index (χ1n) is 5.32. The van der Waals surface area contributed by atoms with Gasteiger partial charge in [0.15, 0.2) is 0 Å². The van der Waals surface area contributed by atoms with Gasteiger partial charge in [-0.1, -0.05) is 11.6 Å². The number of H-pyrrole nitrogens is 1. The van der Waals surface area contributed by atoms with Crippen LogP contribution in [0.5, 0.6) is 6.01 Å². The highest BCUT2D eigenvalue weighted by Gasteiger charge is 2.19. The average molecular weight is 318 g/mol. The van der Waals surface area contributed by atoms with Gasteiger partial charge in [0.1, 0.15) is 11.6 Å². The number of imidazole rings is 1. The Kier molecular flexibility index (Phi) is 2.98. The summed E-state index contributed by atoms with van der Waals surface area (Å²) < 4.78 is 11.8. The average Bonchev–Trinajstić information content (AvgIpc) is 2.93. The molecule has 1 saturated heterocycles. The second kappa shape index (κ2) is 4.48. The summed E-state index contributed by atoms with van der Waals surface area (Å²) in [7, 11) is 0. The fourth-order valence-electron chi connectivity index (χ4n) is 1.81. The van der Waals surface area contributed by atoms with E-state index in [2.05, 4.69) is 25.9 Å². The van der Waals surface area contributed by atoms with E-state index in [9.17, 15) is 0 Å². The summed E-state index contributed by atoms with van der Waals surface area (Å²) in [5, 5.41) is 0.594. The molecule has 1 atom stereocenters. The van der Waals surface area contributed by atoms with E-state index in [-0.39, 0.29) is 6.10 Å². The van der Waals surface area contributed by atoms with Crippen molar-refractivity contribution in [2.24, 2.45) is 0 Å². The number of aromatic amines is 1. The maximum Gasteiger partial charge on any atom is 0.295 e. The molecule has 0 saturated carbocycles. The van der Waals surface area contributed by atoms with Crippen molar-refractivity contribution in [2.45, 2.75) is 12.5 Å². The minimum atomic E-state index is 0.0813. The van der Waals surface area contributed by atoms with E-state index in [1.807, 2.05) is 12.1 Å². The monoisotopic (exact) mass is 316 g/mol. The fraction of sp³-hybridized carbons (Fsp3) is 0.364. The van der Waals surface area contributed by atoms with Crippen molar-refractivity contribution in [2.75, 3.05) is 13.2 Å². The second-order valence-electron chi connectivity index (χ2n) is 3.90. The summed E-state index contributed by atoms with van der Waals surface area (Å²) in [4.78, 5) is 7.44. The Bertz CT molecular complexity index is 552. The van der Waals surface area contributed by atoms with Crippen LogP contribution >= 0.6 is 27.5 Å². The molecule has 90 valence electrons. The Balaban J connectivity index is 1.93. The third-order valence-electron chi connectivity index (χ3n) is 2.69. The van der Waals surface area contributed by atoms with Crippen LogP contribution in [-0.4, -0.2) is 29.3 Å². The van der Waals surface area contributed by atoms with Crippen LogP contribution in [0, 0.1) is 0 Å². The molecule has 1 N–H and O–H groups in total. The number of hydrogen-bond donors (Lipinski definition) is 1. The van der Waals surface area contributed by atoms with Gasteiger partial charge in [-0.05, 0) is 28.1 Å². The van der Waals surface area contributed by atoms with E-state index in [1.54, 1.807) is 0 Å². The topological polar surface area (TPSA) is 47.1 Å². The van der Waals surface area contributed by atoms with Crippen LogP contribution in [0.1, 0.15) is 6.42 Å². The molecular weight excluding hydrogens is 307 g/mol. The molecule has 0 bridgehead atoms. The van der Waals surface area contributed by atoms with Crippen LogP contribution in [0.25, 0.3) is 11.0 Å². The van der Waals surface area contributed by atoms with Gasteiger partial charge in [-0.3, -0.25) is 0 Å². The molecule has 1 aliphatic rings. The molecule has 0 spiro atoms. The quantitative estimate of drug-likeness (QED) is 0.925. The van der Waals surface area contributed by atoms with Gasteiger partial charge in [0.25, 0.3) is 6.01 Å². The van der Waals surface area contributed by atoms with Crippen molar-refractivity contribution in [3.63, 3.8) is 0 Å². The molecule has 1 unspecified atom stereocenters. The molecule has 2 heterocycles. The Morgan fingerprint density at radius 3 is 3.18 bits per heavy atom. The summed E-state index contributed by atoms with van der Waals surface area (Å²) >= 11 is 9.51. The fourth-order valence-corrected chi connectivity index (χ4v) is 2.34. The van der Waals surface area contributed by atoms with E-state index in [4.69, 9.17) is 21.1 Å². The SMILES string of the molecule is Clc1c(Br)ccc2[nH]c(OC3CCOC3)nc12. The zero-order valence-electron chi connectivity index (χ0n) is 8.87. The molecule has 0 radical (unpaired) electrons. The Hall–Kier alpha value is -0.780. The number of ether oxygens (including phenoxy) is 2. The van der Waals surface area contributed by atoms with E-state index in [1.165, 1.54) is 0 Å². The van der Waals surface area contributed by atoms with Crippen molar-refractivity contribution >= 4 is 38.6 Å². The van der Waals surface area contributed by atoms with Crippen LogP contribution < -0.4 is 4.74 Å². The molecule has 17 heavy (non-hydrogen) atoms. The number of benzene rings is 1. The summed E-state index contributed by atoms with van der Waals surface area (Å²) in [6, 6.07) is 4.29. The molecule has 0 aliphatic carbocycles. The molecule has 1 aromatic heterocycles. The first-order chi connectivity index (χ1) is 8.24. The van der Waals surface area contributed by atoms with Gasteiger partial charge in [0.05, 0.1) is 23.8 Å². The van der Waals surface area contributed by atoms with Gasteiger partial charge in [-0.25, -0.2) is 0 Å². The molecule has 1 aromatic carbocycles. The number of nitrogens with one attached hydrogen (secondary N) is 1. The number of fused-ring (bicyclic) bond motifs is 1. The van der Waals surface area contributed by atoms with Gasteiger partial charge < -0.3 is 14.5 Å². The summed E-state index contributed by atoms with van der Waals surface area (Å²) in [5.41, 5.74) is 1.59. The Labute approximate surface area is 111 Å². The van der Waals surface area contributed by atoms with Gasteiger partial charge in [-0.2, -0.15) is 4.98 Å². The number of rotatable bonds is 2. The lowest BCUT2D eigenvalue weighted by Gasteiger charge is -2.07. The minimum absolute atomic E-state index is 0.0813. The summed E-state index contributed by atoms with van der Waals surface area (Å²) in [5.74, 6) is 0. The first-order valence-corrected chi connectivity index (χ1v) is 6.49. The van der Waals surface area contributed by atoms with Crippen molar-refractivity contribution in [1.82, 2.24) is 9.97 Å². The van der Waals surface area contributed by atoms with Crippen molar-refractivity contribution in [3.8, 4) is 6.01 Å². The molecule has 1 fully saturated rings. The van der Waals surface area contributed by atoms with Gasteiger partial charge >= 0.3 is 0 Å². The van der Waals surface area contributed by atoms with Gasteiger partial charge in [-0.15, -0.1) is 0 Å². The van der Waals surface area contributed by atoms with Crippen molar-refractivity contribution in [3.05, 3.63) is 21.6 Å². The maximum absolute atomic E-state index is 6.15. The van der Waals surface area contributed by atoms with Gasteiger partial charge in [0, 0.05) is 10.9 Å². The largest absolute Gasteiger partial charge is 0.459 e. The third-order valence-corrected chi connectivity index (χ3v) is 3.96. The number of aromatic nitrogens is 2. The molecule has 3 rings (SSSR count). The number of halogens is 2. The lowest BCUT2D eigenvalue weighted by Crippen LogP contribution is -2.16. The minimum Gasteiger partial charge on any atom is -0.459 e. The van der Waals surface area contributed by atoms with Crippen molar-refractivity contribution in [1.29, 1.82) is 0 Å². The summed E-state index contributed by atoms with van der Waals surface area (Å²) in [6.45, 7) is 1.37. The highest BCUT2D eigenvalue weighted by molar-refractivity contribution is 9.10. The maximum atomic E-state index is 6.15. The Morgan fingerprint density at radius 1 is 1.53 bits per heavy atom. The number of nitrogens with zero attached hydrogens (tertiary/aromatic N) is 1. The lowest BCUT2D eigenvalue weighted by molar-refractivity contribution is 0.135. The normalized spacial score (nSPS) is 20.0. The molecule has 2 aromatic rings. The van der Waals surface area contributed by atoms with Crippen LogP contribution in [0.15, 0.2) is 16.6 Å². The van der Waals surface area contributed by atoms with Crippen LogP contribution in [0.2, 0.25) is 5.02 Å². The van der Waals surface area contributed by atoms with Crippen LogP contribution in [0.3, 0.4) is 0 Å². The standard InChI is InChI=1S/C11H10BrClN2O2/c12-7-1-2-8-10(9(7)13)15-11(14-8)17-6-3-4-16-5-6/h1-2,6H,3-5H2,(H,14,15). The Morgan fingerprint density at radius 2 is 2.41 bits per heavy atom. The zero-order valence-corrected chi connectivity index (χ0v) is 11.2. The van der Waals surface area contributed by atoms with E-state index in [0.29, 0.717) is 17.6 Å². The molecule has 1 aliphatic heterocycles. The van der Waals surface area contributed by atoms with E-state index < -0.39 is 0 Å². The number of hydrogen-bond acceptors (Lipinski definition) is 3. The predicted octanol–water partition coefficient (Wildman–Crippen LogP) is 3.15. The lowest BCUT2D eigenvalue weighted by atomic mass is 10.3. The van der Waals surface area contributed by atoms with E-state index in [0.717, 1.165) is 28.5 Å². The third kappa shape index (κ3) is 2.14. The smallest absolute Gasteiger partial charge is 0.295 e. The van der Waals surface area contributed by atoms with E-state index >= 15 is 0 Å². The van der Waals surface area contributed by atoms with Crippen LogP contribution in [0.4, 0.5) is 0 Å². The first kappa shape index (κ1) is 11.3. The molecule has 6 heteroatoms. The molecular formula is C11H10BrClN2O2. The predicted molar refractivity (Wildman–Crippen MR) is 68.7 cm³/mol. The van der Waals surface area contributed by atoms with Crippen molar-refractivity contribution < 1.29 is 9.47 Å². The highest BCUT2D eigenvalue weighted by Crippen LogP contribution is 2.31. The van der Waals surface area contributed by atoms with Crippen LogP contribution in [-0.2, 0) is 4.74 Å². The molecule has 4 nitrogen and oxygen atoms in total. The summed E-state index contributed by atoms with van der Waals surface area (Å²) in [6.07, 6.45) is 0.979. The second-order valence-corrected chi connectivity index (χ2v) is 5.14. The van der Waals surface area contributed by atoms with Gasteiger partial charge in [0.2, 0.25) is 0 Å².